The minimum Gasteiger partial charge on any atom is -0.293 e. The summed E-state index contributed by atoms with van der Waals surface area (Å²) in [5.41, 5.74) is 7.37. The molecule has 0 radical (unpaired) electrons. The highest BCUT2D eigenvalue weighted by Crippen LogP contribution is 2.32. The van der Waals surface area contributed by atoms with Gasteiger partial charge in [0.1, 0.15) is 4.32 Å². The summed E-state index contributed by atoms with van der Waals surface area (Å²) in [7, 11) is 0. The topological polar surface area (TPSA) is 78.5 Å². The summed E-state index contributed by atoms with van der Waals surface area (Å²) in [6, 6.07) is 16.8. The second kappa shape index (κ2) is 11.6. The number of thiocarbonyl (C=S) groups is 1. The lowest BCUT2D eigenvalue weighted by atomic mass is 10.1. The van der Waals surface area contributed by atoms with Crippen LogP contribution in [0.4, 0.5) is 0 Å². The number of nitrogens with one attached hydrogen (secondary N) is 2. The lowest BCUT2D eigenvalue weighted by molar-refractivity contribution is -0.123. The Morgan fingerprint density at radius 2 is 1.72 bits per heavy atom. The van der Waals surface area contributed by atoms with Crippen LogP contribution in [0.1, 0.15) is 47.2 Å². The molecule has 0 unspecified atom stereocenters. The zero-order valence-corrected chi connectivity index (χ0v) is 19.4. The SMILES string of the molecule is Cc1ccc(C(=O)NNC(=O)CCCCCN2C(=O)/C(=C/c3ccccc3)SC2=S)cc1. The number of amides is 3. The zero-order valence-electron chi connectivity index (χ0n) is 17.8. The van der Waals surface area contributed by atoms with Crippen molar-refractivity contribution in [3.05, 3.63) is 76.2 Å². The molecule has 2 aromatic rings. The molecule has 0 aliphatic carbocycles. The van der Waals surface area contributed by atoms with E-state index >= 15 is 0 Å². The van der Waals surface area contributed by atoms with Gasteiger partial charge in [-0.3, -0.25) is 30.1 Å². The highest BCUT2D eigenvalue weighted by atomic mass is 32.2. The molecule has 166 valence electrons. The van der Waals surface area contributed by atoms with E-state index in [1.54, 1.807) is 17.0 Å². The zero-order chi connectivity index (χ0) is 22.9. The highest BCUT2D eigenvalue weighted by Gasteiger charge is 2.31. The minimum absolute atomic E-state index is 0.0691. The number of nitrogens with zero attached hydrogens (tertiary/aromatic N) is 1. The number of hydrogen-bond acceptors (Lipinski definition) is 5. The largest absolute Gasteiger partial charge is 0.293 e. The fourth-order valence-corrected chi connectivity index (χ4v) is 4.40. The van der Waals surface area contributed by atoms with Gasteiger partial charge in [-0.15, -0.1) is 0 Å². The van der Waals surface area contributed by atoms with Crippen LogP contribution in [0, 0.1) is 6.92 Å². The summed E-state index contributed by atoms with van der Waals surface area (Å²) < 4.78 is 0.564. The van der Waals surface area contributed by atoms with E-state index in [0.717, 1.165) is 24.0 Å². The minimum atomic E-state index is -0.351. The quantitative estimate of drug-likeness (QED) is 0.263. The van der Waals surface area contributed by atoms with Crippen LogP contribution in [0.3, 0.4) is 0 Å². The van der Waals surface area contributed by atoms with Crippen molar-refractivity contribution in [3.8, 4) is 0 Å². The third-order valence-corrected chi connectivity index (χ3v) is 6.26. The Morgan fingerprint density at radius 1 is 1.00 bits per heavy atom. The van der Waals surface area contributed by atoms with Crippen LogP contribution in [-0.2, 0) is 9.59 Å². The lowest BCUT2D eigenvalue weighted by Gasteiger charge is -2.14. The molecule has 0 atom stereocenters. The van der Waals surface area contributed by atoms with Gasteiger partial charge in [-0.05, 0) is 43.5 Å². The molecule has 0 bridgehead atoms. The van der Waals surface area contributed by atoms with Gasteiger partial charge in [0.25, 0.3) is 11.8 Å². The first-order chi connectivity index (χ1) is 15.4. The number of carbonyl (C=O) groups excluding carboxylic acids is 3. The van der Waals surface area contributed by atoms with Crippen molar-refractivity contribution >= 4 is 52.1 Å². The maximum Gasteiger partial charge on any atom is 0.269 e. The third kappa shape index (κ3) is 6.77. The summed E-state index contributed by atoms with van der Waals surface area (Å²) in [5, 5.41) is 0. The van der Waals surface area contributed by atoms with Crippen molar-refractivity contribution in [1.82, 2.24) is 15.8 Å². The second-order valence-electron chi connectivity index (χ2n) is 7.42. The fourth-order valence-electron chi connectivity index (χ4n) is 3.09. The van der Waals surface area contributed by atoms with E-state index in [-0.39, 0.29) is 17.7 Å². The molecule has 3 rings (SSSR count). The van der Waals surface area contributed by atoms with Crippen LogP contribution in [0.5, 0.6) is 0 Å². The second-order valence-corrected chi connectivity index (χ2v) is 9.10. The standard InChI is InChI=1S/C24H25N3O3S2/c1-17-11-13-19(14-12-17)22(29)26-25-21(28)10-6-3-7-15-27-23(30)20(32-24(27)31)16-18-8-4-2-5-9-18/h2,4-5,8-9,11-14,16H,3,6-7,10,15H2,1H3,(H,25,28)(H,26,29)/b20-16-. The Bertz CT molecular complexity index is 1020. The van der Waals surface area contributed by atoms with E-state index in [4.69, 9.17) is 12.2 Å². The van der Waals surface area contributed by atoms with Gasteiger partial charge in [-0.2, -0.15) is 0 Å². The van der Waals surface area contributed by atoms with E-state index in [0.29, 0.717) is 34.2 Å². The Morgan fingerprint density at radius 3 is 2.44 bits per heavy atom. The molecule has 32 heavy (non-hydrogen) atoms. The number of hydrogen-bond donors (Lipinski definition) is 2. The van der Waals surface area contributed by atoms with Gasteiger partial charge in [0, 0.05) is 18.5 Å². The van der Waals surface area contributed by atoms with Crippen LogP contribution < -0.4 is 10.9 Å². The van der Waals surface area contributed by atoms with Gasteiger partial charge in [0.05, 0.1) is 4.91 Å². The normalized spacial score (nSPS) is 14.7. The average Bonchev–Trinajstić information content (AvgIpc) is 3.05. The Labute approximate surface area is 197 Å². The van der Waals surface area contributed by atoms with E-state index < -0.39 is 0 Å². The van der Waals surface area contributed by atoms with E-state index in [1.807, 2.05) is 55.5 Å². The molecule has 2 N–H and O–H groups in total. The number of hydrazine groups is 1. The van der Waals surface area contributed by atoms with Gasteiger partial charge < -0.3 is 0 Å². The number of thioether (sulfide) groups is 1. The number of rotatable bonds is 8. The summed E-state index contributed by atoms with van der Waals surface area (Å²) in [4.78, 5) is 38.8. The van der Waals surface area contributed by atoms with Crippen LogP contribution in [0.15, 0.2) is 59.5 Å². The van der Waals surface area contributed by atoms with Crippen LogP contribution >= 0.6 is 24.0 Å². The molecule has 1 fully saturated rings. The smallest absolute Gasteiger partial charge is 0.269 e. The van der Waals surface area contributed by atoms with Crippen molar-refractivity contribution < 1.29 is 14.4 Å². The Kier molecular flexibility index (Phi) is 8.58. The van der Waals surface area contributed by atoms with Gasteiger partial charge in [0.2, 0.25) is 5.91 Å². The maximum atomic E-state index is 12.6. The third-order valence-electron chi connectivity index (χ3n) is 4.89. The van der Waals surface area contributed by atoms with Crippen LogP contribution in [0.2, 0.25) is 0 Å². The highest BCUT2D eigenvalue weighted by molar-refractivity contribution is 8.26. The summed E-state index contributed by atoms with van der Waals surface area (Å²) in [5.74, 6) is -0.668. The first kappa shape index (κ1) is 23.7. The molecular formula is C24H25N3O3S2. The van der Waals surface area contributed by atoms with E-state index in [1.165, 1.54) is 11.8 Å². The first-order valence-electron chi connectivity index (χ1n) is 10.4. The number of aryl methyl sites for hydroxylation is 1. The monoisotopic (exact) mass is 467 g/mol. The number of benzene rings is 2. The molecule has 1 aliphatic rings. The van der Waals surface area contributed by atoms with Crippen molar-refractivity contribution in [2.45, 2.75) is 32.6 Å². The summed E-state index contributed by atoms with van der Waals surface area (Å²) in [6.07, 6.45) is 4.32. The van der Waals surface area contributed by atoms with Gasteiger partial charge in [0.15, 0.2) is 0 Å². The molecule has 8 heteroatoms. The number of unbranched alkanes of at least 4 members (excludes halogenated alkanes) is 2. The van der Waals surface area contributed by atoms with Crippen molar-refractivity contribution in [3.63, 3.8) is 0 Å². The molecule has 0 saturated carbocycles. The van der Waals surface area contributed by atoms with Crippen molar-refractivity contribution in [2.24, 2.45) is 0 Å². The number of carbonyl (C=O) groups is 3. The summed E-state index contributed by atoms with van der Waals surface area (Å²) >= 11 is 6.68. The maximum absolute atomic E-state index is 12.6. The van der Waals surface area contributed by atoms with Gasteiger partial charge in [-0.25, -0.2) is 0 Å². The molecule has 0 spiro atoms. The molecule has 0 aromatic heterocycles. The first-order valence-corrected chi connectivity index (χ1v) is 11.6. The molecule has 1 saturated heterocycles. The predicted octanol–water partition coefficient (Wildman–Crippen LogP) is 4.22. The lowest BCUT2D eigenvalue weighted by Crippen LogP contribution is -2.41. The Balaban J connectivity index is 1.34. The molecule has 1 aliphatic heterocycles. The molecule has 2 aromatic carbocycles. The van der Waals surface area contributed by atoms with Gasteiger partial charge in [-0.1, -0.05) is 78.4 Å². The fraction of sp³-hybridized carbons (Fsp3) is 0.250. The summed E-state index contributed by atoms with van der Waals surface area (Å²) in [6.45, 7) is 2.47. The van der Waals surface area contributed by atoms with Crippen molar-refractivity contribution in [2.75, 3.05) is 6.54 Å². The average molecular weight is 468 g/mol. The molecule has 6 nitrogen and oxygen atoms in total. The molecule has 3 amide bonds. The molecule has 1 heterocycles. The van der Waals surface area contributed by atoms with E-state index in [9.17, 15) is 14.4 Å². The predicted molar refractivity (Wildman–Crippen MR) is 132 cm³/mol. The van der Waals surface area contributed by atoms with Crippen molar-refractivity contribution in [1.29, 1.82) is 0 Å². The Hall–Kier alpha value is -2.97. The van der Waals surface area contributed by atoms with Crippen LogP contribution in [0.25, 0.3) is 6.08 Å². The van der Waals surface area contributed by atoms with Gasteiger partial charge >= 0.3 is 0 Å². The molecular weight excluding hydrogens is 442 g/mol. The van der Waals surface area contributed by atoms with E-state index in [2.05, 4.69) is 10.9 Å². The van der Waals surface area contributed by atoms with Crippen LogP contribution in [-0.4, -0.2) is 33.5 Å².